The standard InChI is InChI=1S/C17H31N5.HI/c1-4-17(8-7-9-17)14-21-16(18-3)20-10-5-6-12-22-13-11-19-15(22)2;/h11,13H,4-10,12,14H2,1-3H3,(H2,18,20,21);1H. The quantitative estimate of drug-likeness (QED) is 0.286. The lowest BCUT2D eigenvalue weighted by molar-refractivity contribution is 0.131. The van der Waals surface area contributed by atoms with Crippen molar-refractivity contribution < 1.29 is 0 Å². The van der Waals surface area contributed by atoms with Gasteiger partial charge in [-0.25, -0.2) is 4.98 Å². The van der Waals surface area contributed by atoms with Crippen LogP contribution in [0.4, 0.5) is 0 Å². The summed E-state index contributed by atoms with van der Waals surface area (Å²) >= 11 is 0. The Bertz CT molecular complexity index is 474. The van der Waals surface area contributed by atoms with Gasteiger partial charge in [-0.2, -0.15) is 0 Å². The van der Waals surface area contributed by atoms with Crippen LogP contribution >= 0.6 is 24.0 Å². The largest absolute Gasteiger partial charge is 0.356 e. The van der Waals surface area contributed by atoms with Gasteiger partial charge in [0, 0.05) is 39.1 Å². The van der Waals surface area contributed by atoms with Gasteiger partial charge in [0.2, 0.25) is 0 Å². The van der Waals surface area contributed by atoms with Crippen molar-refractivity contribution >= 4 is 29.9 Å². The van der Waals surface area contributed by atoms with E-state index >= 15 is 0 Å². The van der Waals surface area contributed by atoms with E-state index < -0.39 is 0 Å². The van der Waals surface area contributed by atoms with Crippen LogP contribution in [0.1, 0.15) is 51.3 Å². The normalized spacial score (nSPS) is 16.4. The minimum Gasteiger partial charge on any atom is -0.356 e. The van der Waals surface area contributed by atoms with Gasteiger partial charge < -0.3 is 15.2 Å². The topological polar surface area (TPSA) is 54.2 Å². The first-order valence-electron chi connectivity index (χ1n) is 8.61. The summed E-state index contributed by atoms with van der Waals surface area (Å²) in [6, 6.07) is 0. The molecule has 0 bridgehead atoms. The molecule has 132 valence electrons. The lowest BCUT2D eigenvalue weighted by atomic mass is 9.67. The molecule has 0 saturated heterocycles. The molecule has 2 N–H and O–H groups in total. The van der Waals surface area contributed by atoms with Crippen LogP contribution in [0.3, 0.4) is 0 Å². The predicted molar refractivity (Wildman–Crippen MR) is 108 cm³/mol. The van der Waals surface area contributed by atoms with Gasteiger partial charge in [-0.3, -0.25) is 4.99 Å². The smallest absolute Gasteiger partial charge is 0.190 e. The number of aryl methyl sites for hydroxylation is 2. The van der Waals surface area contributed by atoms with Gasteiger partial charge in [-0.15, -0.1) is 24.0 Å². The highest BCUT2D eigenvalue weighted by Gasteiger charge is 2.34. The third kappa shape index (κ3) is 5.97. The number of imidazole rings is 1. The molecule has 0 aliphatic heterocycles. The van der Waals surface area contributed by atoms with Crippen LogP contribution in [0.15, 0.2) is 17.4 Å². The molecular weight excluding hydrogens is 401 g/mol. The van der Waals surface area contributed by atoms with Crippen molar-refractivity contribution in [2.24, 2.45) is 10.4 Å². The lowest BCUT2D eigenvalue weighted by Crippen LogP contribution is -2.46. The molecule has 0 aromatic carbocycles. The van der Waals surface area contributed by atoms with Crippen molar-refractivity contribution in [2.45, 2.75) is 58.9 Å². The summed E-state index contributed by atoms with van der Waals surface area (Å²) in [6.45, 7) is 7.41. The second-order valence-electron chi connectivity index (χ2n) is 6.43. The van der Waals surface area contributed by atoms with Crippen molar-refractivity contribution in [1.29, 1.82) is 0 Å². The zero-order valence-electron chi connectivity index (χ0n) is 14.8. The molecule has 0 unspecified atom stereocenters. The number of aromatic nitrogens is 2. The average molecular weight is 433 g/mol. The molecule has 1 fully saturated rings. The second-order valence-corrected chi connectivity index (χ2v) is 6.43. The maximum absolute atomic E-state index is 4.32. The van der Waals surface area contributed by atoms with Gasteiger partial charge in [0.1, 0.15) is 5.82 Å². The van der Waals surface area contributed by atoms with E-state index in [2.05, 4.69) is 32.1 Å². The van der Waals surface area contributed by atoms with E-state index in [1.54, 1.807) is 0 Å². The predicted octanol–water partition coefficient (Wildman–Crippen LogP) is 3.34. The Labute approximate surface area is 157 Å². The maximum Gasteiger partial charge on any atom is 0.190 e. The molecule has 1 saturated carbocycles. The molecule has 6 heteroatoms. The fourth-order valence-corrected chi connectivity index (χ4v) is 3.08. The molecule has 23 heavy (non-hydrogen) atoms. The Morgan fingerprint density at radius 3 is 2.65 bits per heavy atom. The molecule has 1 heterocycles. The van der Waals surface area contributed by atoms with Crippen LogP contribution in [0, 0.1) is 12.3 Å². The van der Waals surface area contributed by atoms with Crippen LogP contribution in [-0.4, -0.2) is 35.6 Å². The molecule has 0 atom stereocenters. The van der Waals surface area contributed by atoms with Crippen molar-refractivity contribution in [3.8, 4) is 0 Å². The summed E-state index contributed by atoms with van der Waals surface area (Å²) < 4.78 is 2.20. The number of unbranched alkanes of at least 4 members (excludes halogenated alkanes) is 1. The first-order valence-corrected chi connectivity index (χ1v) is 8.61. The Morgan fingerprint density at radius 2 is 2.13 bits per heavy atom. The van der Waals surface area contributed by atoms with Crippen LogP contribution in [-0.2, 0) is 6.54 Å². The summed E-state index contributed by atoms with van der Waals surface area (Å²) in [5.41, 5.74) is 0.524. The van der Waals surface area contributed by atoms with Crippen molar-refractivity contribution in [3.05, 3.63) is 18.2 Å². The summed E-state index contributed by atoms with van der Waals surface area (Å²) in [6.07, 6.45) is 11.6. The Morgan fingerprint density at radius 1 is 1.35 bits per heavy atom. The fourth-order valence-electron chi connectivity index (χ4n) is 3.08. The molecular formula is C17H32IN5. The Balaban J connectivity index is 0.00000264. The number of halogens is 1. The highest BCUT2D eigenvalue weighted by molar-refractivity contribution is 14.0. The van der Waals surface area contributed by atoms with Crippen LogP contribution in [0.25, 0.3) is 0 Å². The summed E-state index contributed by atoms with van der Waals surface area (Å²) in [4.78, 5) is 8.57. The van der Waals surface area contributed by atoms with Gasteiger partial charge in [0.05, 0.1) is 0 Å². The van der Waals surface area contributed by atoms with E-state index in [0.717, 1.165) is 44.3 Å². The zero-order chi connectivity index (χ0) is 15.8. The Kier molecular flexibility index (Phi) is 8.94. The van der Waals surface area contributed by atoms with Crippen molar-refractivity contribution in [2.75, 3.05) is 20.1 Å². The van der Waals surface area contributed by atoms with E-state index in [1.165, 1.54) is 25.7 Å². The molecule has 1 aromatic rings. The van der Waals surface area contributed by atoms with Gasteiger partial charge in [0.15, 0.2) is 5.96 Å². The third-order valence-electron chi connectivity index (χ3n) is 5.06. The Hall–Kier alpha value is -0.790. The number of hydrogen-bond acceptors (Lipinski definition) is 2. The average Bonchev–Trinajstić information content (AvgIpc) is 2.89. The second kappa shape index (κ2) is 10.2. The minimum absolute atomic E-state index is 0. The monoisotopic (exact) mass is 433 g/mol. The summed E-state index contributed by atoms with van der Waals surface area (Å²) in [5, 5.41) is 6.92. The minimum atomic E-state index is 0. The van der Waals surface area contributed by atoms with E-state index in [9.17, 15) is 0 Å². The molecule has 5 nitrogen and oxygen atoms in total. The van der Waals surface area contributed by atoms with E-state index in [0.29, 0.717) is 5.41 Å². The van der Waals surface area contributed by atoms with Crippen molar-refractivity contribution in [3.63, 3.8) is 0 Å². The van der Waals surface area contributed by atoms with E-state index in [-0.39, 0.29) is 24.0 Å². The number of nitrogens with zero attached hydrogens (tertiary/aromatic N) is 3. The van der Waals surface area contributed by atoms with Crippen molar-refractivity contribution in [1.82, 2.24) is 20.2 Å². The molecule has 0 amide bonds. The zero-order valence-corrected chi connectivity index (χ0v) is 17.1. The fraction of sp³-hybridized carbons (Fsp3) is 0.765. The van der Waals surface area contributed by atoms with Gasteiger partial charge in [-0.1, -0.05) is 13.3 Å². The highest BCUT2D eigenvalue weighted by atomic mass is 127. The first kappa shape index (κ1) is 20.3. The molecule has 0 radical (unpaired) electrons. The van der Waals surface area contributed by atoms with Gasteiger partial charge in [0.25, 0.3) is 0 Å². The number of aliphatic imine (C=N–C) groups is 1. The lowest BCUT2D eigenvalue weighted by Gasteiger charge is -2.41. The van der Waals surface area contributed by atoms with Crippen LogP contribution in [0.2, 0.25) is 0 Å². The number of nitrogens with one attached hydrogen (secondary N) is 2. The highest BCUT2D eigenvalue weighted by Crippen LogP contribution is 2.42. The third-order valence-corrected chi connectivity index (χ3v) is 5.06. The molecule has 2 rings (SSSR count). The van der Waals surface area contributed by atoms with Crippen LogP contribution in [0.5, 0.6) is 0 Å². The van der Waals surface area contributed by atoms with Gasteiger partial charge in [-0.05, 0) is 44.4 Å². The number of guanidine groups is 1. The number of rotatable bonds is 8. The maximum atomic E-state index is 4.32. The summed E-state index contributed by atoms with van der Waals surface area (Å²) in [5.74, 6) is 2.04. The molecule has 1 aromatic heterocycles. The first-order chi connectivity index (χ1) is 10.7. The van der Waals surface area contributed by atoms with E-state index in [1.807, 2.05) is 26.4 Å². The van der Waals surface area contributed by atoms with E-state index in [4.69, 9.17) is 0 Å². The van der Waals surface area contributed by atoms with Crippen LogP contribution < -0.4 is 10.6 Å². The van der Waals surface area contributed by atoms with Gasteiger partial charge >= 0.3 is 0 Å². The summed E-state index contributed by atoms with van der Waals surface area (Å²) in [7, 11) is 1.85. The molecule has 0 spiro atoms. The SMILES string of the molecule is CCC1(CNC(=NC)NCCCCn2ccnc2C)CCC1.I. The molecule has 1 aliphatic rings. The number of hydrogen-bond donors (Lipinski definition) is 2. The molecule has 1 aliphatic carbocycles.